The smallest absolute Gasteiger partial charge is 0.407 e. The first-order valence-corrected chi connectivity index (χ1v) is 12.1. The third kappa shape index (κ3) is 5.67. The number of fused-ring (bicyclic) bond motifs is 1. The average molecular weight is 478 g/mol. The summed E-state index contributed by atoms with van der Waals surface area (Å²) in [5.74, 6) is 3.47. The maximum Gasteiger partial charge on any atom is 0.407 e. The SMILES string of the molecule is C#Cc1c(NC(=O)CC(C)c2ccccc2)sc2c1CCC(OC(=O)NCc1cc(C)on1)C2. The third-order valence-electron chi connectivity index (χ3n) is 5.84. The molecular formula is C26H27N3O4S. The number of aryl methyl sites for hydroxylation is 1. The van der Waals surface area contributed by atoms with Crippen molar-refractivity contribution in [1.82, 2.24) is 10.5 Å². The average Bonchev–Trinajstić information content (AvgIpc) is 3.40. The van der Waals surface area contributed by atoms with E-state index in [9.17, 15) is 9.59 Å². The number of anilines is 1. The quantitative estimate of drug-likeness (QED) is 0.470. The maximum atomic E-state index is 12.7. The Labute approximate surface area is 202 Å². The van der Waals surface area contributed by atoms with Gasteiger partial charge in [0.15, 0.2) is 0 Å². The fourth-order valence-electron chi connectivity index (χ4n) is 4.11. The van der Waals surface area contributed by atoms with Crippen LogP contribution in [-0.4, -0.2) is 23.3 Å². The van der Waals surface area contributed by atoms with E-state index in [2.05, 4.69) is 21.7 Å². The summed E-state index contributed by atoms with van der Waals surface area (Å²) in [4.78, 5) is 26.0. The highest BCUT2D eigenvalue weighted by Crippen LogP contribution is 2.38. The summed E-state index contributed by atoms with van der Waals surface area (Å²) in [6, 6.07) is 11.7. The number of nitrogens with one attached hydrogen (secondary N) is 2. The van der Waals surface area contributed by atoms with Crippen molar-refractivity contribution in [2.45, 2.75) is 58.1 Å². The third-order valence-corrected chi connectivity index (χ3v) is 7.01. The molecule has 34 heavy (non-hydrogen) atoms. The van der Waals surface area contributed by atoms with Gasteiger partial charge in [-0.2, -0.15) is 0 Å². The molecule has 2 unspecified atom stereocenters. The number of carbonyl (C=O) groups excluding carboxylic acids is 2. The summed E-state index contributed by atoms with van der Waals surface area (Å²) in [6.45, 7) is 4.07. The summed E-state index contributed by atoms with van der Waals surface area (Å²) in [7, 11) is 0. The standard InChI is InChI=1S/C26H27N3O4S/c1-4-21-22-11-10-20(32-26(31)27-15-19-13-17(3)33-29-19)14-23(22)34-25(21)28-24(30)12-16(2)18-8-6-5-7-9-18/h1,5-9,13,16,20H,10-12,14-15H2,2-3H3,(H,27,31)(H,28,30). The molecule has 176 valence electrons. The number of terminal acetylenes is 1. The van der Waals surface area contributed by atoms with Crippen LogP contribution < -0.4 is 10.6 Å². The van der Waals surface area contributed by atoms with E-state index in [-0.39, 0.29) is 24.5 Å². The van der Waals surface area contributed by atoms with Gasteiger partial charge in [-0.05, 0) is 36.8 Å². The van der Waals surface area contributed by atoms with E-state index in [1.54, 1.807) is 13.0 Å². The molecule has 3 aromatic rings. The molecule has 2 heterocycles. The number of benzene rings is 1. The second kappa shape index (κ2) is 10.6. The lowest BCUT2D eigenvalue weighted by atomic mass is 9.93. The Morgan fingerprint density at radius 3 is 2.85 bits per heavy atom. The summed E-state index contributed by atoms with van der Waals surface area (Å²) in [5.41, 5.74) is 3.57. The topological polar surface area (TPSA) is 93.5 Å². The van der Waals surface area contributed by atoms with Crippen molar-refractivity contribution in [3.05, 3.63) is 69.4 Å². The first-order valence-electron chi connectivity index (χ1n) is 11.3. The highest BCUT2D eigenvalue weighted by molar-refractivity contribution is 7.16. The van der Waals surface area contributed by atoms with Crippen LogP contribution >= 0.6 is 11.3 Å². The van der Waals surface area contributed by atoms with Gasteiger partial charge in [-0.3, -0.25) is 4.79 Å². The first-order chi connectivity index (χ1) is 16.4. The molecule has 2 aromatic heterocycles. The van der Waals surface area contributed by atoms with Gasteiger partial charge in [0.05, 0.1) is 12.1 Å². The van der Waals surface area contributed by atoms with E-state index in [4.69, 9.17) is 15.7 Å². The number of aromatic nitrogens is 1. The zero-order chi connectivity index (χ0) is 24.1. The Balaban J connectivity index is 1.34. The maximum absolute atomic E-state index is 12.7. The van der Waals surface area contributed by atoms with Gasteiger partial charge in [0.2, 0.25) is 5.91 Å². The molecule has 1 aliphatic rings. The molecule has 0 fully saturated rings. The number of amides is 2. The van der Waals surface area contributed by atoms with Gasteiger partial charge in [0, 0.05) is 23.8 Å². The Kier molecular flexibility index (Phi) is 7.33. The second-order valence-corrected chi connectivity index (χ2v) is 9.57. The monoisotopic (exact) mass is 477 g/mol. The van der Waals surface area contributed by atoms with Gasteiger partial charge in [0.1, 0.15) is 22.6 Å². The summed E-state index contributed by atoms with van der Waals surface area (Å²) in [6.07, 6.45) is 7.36. The van der Waals surface area contributed by atoms with Crippen LogP contribution in [-0.2, 0) is 28.9 Å². The van der Waals surface area contributed by atoms with Crippen LogP contribution in [0.5, 0.6) is 0 Å². The number of hydrogen-bond acceptors (Lipinski definition) is 6. The van der Waals surface area contributed by atoms with E-state index in [0.717, 1.165) is 21.6 Å². The predicted molar refractivity (Wildman–Crippen MR) is 131 cm³/mol. The minimum atomic E-state index is -0.494. The van der Waals surface area contributed by atoms with Crippen molar-refractivity contribution in [3.63, 3.8) is 0 Å². The molecule has 2 amide bonds. The lowest BCUT2D eigenvalue weighted by Crippen LogP contribution is -2.31. The summed E-state index contributed by atoms with van der Waals surface area (Å²) >= 11 is 1.47. The van der Waals surface area contributed by atoms with Gasteiger partial charge < -0.3 is 19.9 Å². The minimum Gasteiger partial charge on any atom is -0.446 e. The zero-order valence-corrected chi connectivity index (χ0v) is 20.0. The Morgan fingerprint density at radius 1 is 1.35 bits per heavy atom. The number of alkyl carbamates (subject to hydrolysis) is 1. The second-order valence-electron chi connectivity index (χ2n) is 8.47. The van der Waals surface area contributed by atoms with Crippen molar-refractivity contribution in [1.29, 1.82) is 0 Å². The lowest BCUT2D eigenvalue weighted by molar-refractivity contribution is -0.116. The first kappa shape index (κ1) is 23.6. The number of rotatable bonds is 7. The largest absolute Gasteiger partial charge is 0.446 e. The van der Waals surface area contributed by atoms with Crippen LogP contribution in [0.3, 0.4) is 0 Å². The molecular weight excluding hydrogens is 450 g/mol. The molecule has 7 nitrogen and oxygen atoms in total. The number of carbonyl (C=O) groups is 2. The van der Waals surface area contributed by atoms with E-state index in [0.29, 0.717) is 42.1 Å². The molecule has 0 radical (unpaired) electrons. The fraction of sp³-hybridized carbons (Fsp3) is 0.346. The zero-order valence-electron chi connectivity index (χ0n) is 19.2. The van der Waals surface area contributed by atoms with Gasteiger partial charge >= 0.3 is 6.09 Å². The molecule has 0 aliphatic heterocycles. The number of ether oxygens (including phenoxy) is 1. The van der Waals surface area contributed by atoms with Crippen molar-refractivity contribution < 1.29 is 18.8 Å². The molecule has 2 N–H and O–H groups in total. The van der Waals surface area contributed by atoms with Crippen molar-refractivity contribution in [2.24, 2.45) is 0 Å². The van der Waals surface area contributed by atoms with Crippen LogP contribution in [0.25, 0.3) is 0 Å². The van der Waals surface area contributed by atoms with Crippen LogP contribution in [0.1, 0.15) is 58.7 Å². The lowest BCUT2D eigenvalue weighted by Gasteiger charge is -2.22. The summed E-state index contributed by atoms with van der Waals surface area (Å²) in [5, 5.41) is 10.3. The number of thiophene rings is 1. The molecule has 0 saturated carbocycles. The number of hydrogen-bond donors (Lipinski definition) is 2. The van der Waals surface area contributed by atoms with Crippen molar-refractivity contribution >= 4 is 28.3 Å². The summed E-state index contributed by atoms with van der Waals surface area (Å²) < 4.78 is 10.6. The molecule has 2 atom stereocenters. The highest BCUT2D eigenvalue weighted by atomic mass is 32.1. The molecule has 4 rings (SSSR count). The van der Waals surface area contributed by atoms with Crippen LogP contribution in [0.4, 0.5) is 9.80 Å². The molecule has 0 saturated heterocycles. The normalized spacial score (nSPS) is 15.6. The Bertz CT molecular complexity index is 1210. The van der Waals surface area contributed by atoms with Gasteiger partial charge in [-0.15, -0.1) is 17.8 Å². The van der Waals surface area contributed by atoms with Crippen LogP contribution in [0, 0.1) is 19.3 Å². The Morgan fingerprint density at radius 2 is 2.15 bits per heavy atom. The fourth-order valence-corrected chi connectivity index (χ4v) is 5.40. The molecule has 0 spiro atoms. The molecule has 1 aromatic carbocycles. The number of nitrogens with zero attached hydrogens (tertiary/aromatic N) is 1. The van der Waals surface area contributed by atoms with E-state index < -0.39 is 6.09 Å². The van der Waals surface area contributed by atoms with Crippen LogP contribution in [0.15, 0.2) is 40.9 Å². The van der Waals surface area contributed by atoms with Crippen LogP contribution in [0.2, 0.25) is 0 Å². The van der Waals surface area contributed by atoms with Gasteiger partial charge in [0.25, 0.3) is 0 Å². The predicted octanol–water partition coefficient (Wildman–Crippen LogP) is 4.94. The molecule has 8 heteroatoms. The van der Waals surface area contributed by atoms with Gasteiger partial charge in [-0.1, -0.05) is 48.3 Å². The molecule has 0 bridgehead atoms. The van der Waals surface area contributed by atoms with E-state index >= 15 is 0 Å². The van der Waals surface area contributed by atoms with Crippen molar-refractivity contribution in [3.8, 4) is 12.3 Å². The highest BCUT2D eigenvalue weighted by Gasteiger charge is 2.28. The Hall–Kier alpha value is -3.57. The van der Waals surface area contributed by atoms with E-state index in [1.165, 1.54) is 11.3 Å². The van der Waals surface area contributed by atoms with Crippen molar-refractivity contribution in [2.75, 3.05) is 5.32 Å². The minimum absolute atomic E-state index is 0.0679. The van der Waals surface area contributed by atoms with E-state index in [1.807, 2.05) is 37.3 Å². The van der Waals surface area contributed by atoms with Gasteiger partial charge in [-0.25, -0.2) is 4.79 Å². The molecule has 1 aliphatic carbocycles.